The third-order valence-corrected chi connectivity index (χ3v) is 2.53. The van der Waals surface area contributed by atoms with Crippen LogP contribution in [0.15, 0.2) is 24.3 Å². The molecule has 1 aliphatic rings. The molecule has 1 aromatic rings. The number of rotatable bonds is 0. The zero-order valence-electron chi connectivity index (χ0n) is 8.54. The molecule has 2 rings (SSSR count). The molecule has 1 aliphatic heterocycles. The maximum Gasteiger partial charge on any atom is 0.207 e. The molecule has 0 bridgehead atoms. The van der Waals surface area contributed by atoms with Crippen LogP contribution in [-0.4, -0.2) is 12.1 Å². The second kappa shape index (κ2) is 2.69. The highest BCUT2D eigenvalue weighted by Gasteiger charge is 2.26. The molecule has 13 heavy (non-hydrogen) atoms. The van der Waals surface area contributed by atoms with Crippen LogP contribution < -0.4 is 15.2 Å². The van der Waals surface area contributed by atoms with Crippen LogP contribution in [0.5, 0.6) is 0 Å². The second-order valence-electron chi connectivity index (χ2n) is 4.54. The number of para-hydroxylation sites is 1. The zero-order valence-corrected chi connectivity index (χ0v) is 8.54. The monoisotopic (exact) mass is 174 g/mol. The lowest BCUT2D eigenvalue weighted by molar-refractivity contribution is 0.383. The van der Waals surface area contributed by atoms with E-state index in [1.54, 1.807) is 0 Å². The summed E-state index contributed by atoms with van der Waals surface area (Å²) in [5, 5.41) is 2.74. The van der Waals surface area contributed by atoms with Crippen LogP contribution in [-0.2, 0) is 0 Å². The van der Waals surface area contributed by atoms with E-state index in [1.165, 1.54) is 10.6 Å². The van der Waals surface area contributed by atoms with E-state index in [-0.39, 0.29) is 5.54 Å². The molecule has 1 aromatic carbocycles. The maximum absolute atomic E-state index is 2.43. The highest BCUT2D eigenvalue weighted by molar-refractivity contribution is 5.30. The average Bonchev–Trinajstić information content (AvgIpc) is 2.45. The summed E-state index contributed by atoms with van der Waals surface area (Å²) in [4.78, 5) is 0. The van der Waals surface area contributed by atoms with Crippen molar-refractivity contribution in [2.75, 3.05) is 6.54 Å². The topological polar surface area (TPSA) is 3.01 Å². The van der Waals surface area contributed by atoms with Gasteiger partial charge >= 0.3 is 0 Å². The van der Waals surface area contributed by atoms with Crippen molar-refractivity contribution in [2.24, 2.45) is 0 Å². The molecule has 0 unspecified atom stereocenters. The number of fused-ring (bicyclic) bond motifs is 1. The Morgan fingerprint density at radius 3 is 2.54 bits per heavy atom. The Morgan fingerprint density at radius 1 is 1.15 bits per heavy atom. The fourth-order valence-electron chi connectivity index (χ4n) is 1.83. The second-order valence-corrected chi connectivity index (χ2v) is 4.54. The lowest BCUT2D eigenvalue weighted by Gasteiger charge is -2.14. The molecule has 0 saturated heterocycles. The largest absolute Gasteiger partial charge is 0.221 e. The standard InChI is InChI=1S/C12H16N/c1-12(2,3)13-9-8-10-6-4-5-7-11(10)13/h4-8H,9H2,1-3H3/q+1. The van der Waals surface area contributed by atoms with Crippen molar-refractivity contribution >= 4 is 6.08 Å². The predicted molar refractivity (Wildman–Crippen MR) is 56.0 cm³/mol. The normalized spacial score (nSPS) is 15.5. The number of hydrogen-bond donors (Lipinski definition) is 0. The van der Waals surface area contributed by atoms with Crippen LogP contribution in [0.3, 0.4) is 0 Å². The zero-order chi connectivity index (χ0) is 9.47. The highest BCUT2D eigenvalue weighted by atomic mass is 15.1. The van der Waals surface area contributed by atoms with Gasteiger partial charge in [0.25, 0.3) is 0 Å². The van der Waals surface area contributed by atoms with Crippen molar-refractivity contribution < 1.29 is 0 Å². The molecule has 0 saturated carbocycles. The smallest absolute Gasteiger partial charge is 0.207 e. The number of nitrogens with zero attached hydrogens (tertiary/aromatic N) is 1. The molecule has 1 heteroatoms. The van der Waals surface area contributed by atoms with Crippen molar-refractivity contribution in [1.29, 1.82) is 0 Å². The summed E-state index contributed by atoms with van der Waals surface area (Å²) in [7, 11) is 0. The lowest BCUT2D eigenvalue weighted by atomic mass is 10.1. The van der Waals surface area contributed by atoms with Gasteiger partial charge < -0.3 is 0 Å². The summed E-state index contributed by atoms with van der Waals surface area (Å²) in [6.07, 6.45) is 2.29. The minimum Gasteiger partial charge on any atom is -0.221 e. The maximum atomic E-state index is 2.43. The summed E-state index contributed by atoms with van der Waals surface area (Å²) < 4.78 is 2.43. The average molecular weight is 174 g/mol. The first-order valence-corrected chi connectivity index (χ1v) is 4.79. The molecule has 0 N–H and O–H groups in total. The molecule has 1 heterocycles. The Balaban J connectivity index is 2.75. The summed E-state index contributed by atoms with van der Waals surface area (Å²) in [6, 6.07) is 8.59. The Bertz CT molecular complexity index is 435. The van der Waals surface area contributed by atoms with Crippen molar-refractivity contribution in [2.45, 2.75) is 26.3 Å². The molecule has 0 spiro atoms. The Labute approximate surface area is 79.0 Å². The molecule has 0 aliphatic carbocycles. The van der Waals surface area contributed by atoms with E-state index >= 15 is 0 Å². The van der Waals surface area contributed by atoms with E-state index in [4.69, 9.17) is 0 Å². The first kappa shape index (κ1) is 8.49. The van der Waals surface area contributed by atoms with Gasteiger partial charge in [-0.05, 0) is 32.9 Å². The van der Waals surface area contributed by atoms with Gasteiger partial charge in [0.1, 0.15) is 0 Å². The van der Waals surface area contributed by atoms with Crippen LogP contribution in [0, 0.1) is 0 Å². The van der Waals surface area contributed by atoms with E-state index in [1.807, 2.05) is 0 Å². The molecule has 0 aromatic heterocycles. The third-order valence-electron chi connectivity index (χ3n) is 2.53. The van der Waals surface area contributed by atoms with Gasteiger partial charge in [-0.2, -0.15) is 0 Å². The van der Waals surface area contributed by atoms with Crippen LogP contribution >= 0.6 is 0 Å². The molecular formula is C12H16N+. The first-order chi connectivity index (χ1) is 6.09. The molecular weight excluding hydrogens is 158 g/mol. The fraction of sp³-hybridized carbons (Fsp3) is 0.417. The van der Waals surface area contributed by atoms with E-state index < -0.39 is 0 Å². The summed E-state index contributed by atoms with van der Waals surface area (Å²) in [6.45, 7) is 7.80. The van der Waals surface area contributed by atoms with E-state index in [2.05, 4.69) is 55.7 Å². The van der Waals surface area contributed by atoms with Crippen LogP contribution in [0.25, 0.3) is 6.08 Å². The quantitative estimate of drug-likeness (QED) is 0.511. The van der Waals surface area contributed by atoms with Gasteiger partial charge in [-0.1, -0.05) is 12.1 Å². The van der Waals surface area contributed by atoms with Gasteiger partial charge in [-0.15, -0.1) is 0 Å². The number of benzene rings is 1. The molecule has 0 amide bonds. The predicted octanol–water partition coefficient (Wildman–Crippen LogP) is 0.770. The molecule has 0 radical (unpaired) electrons. The van der Waals surface area contributed by atoms with E-state index in [0.717, 1.165) is 6.54 Å². The van der Waals surface area contributed by atoms with Crippen molar-refractivity contribution in [3.8, 4) is 0 Å². The Hall–Kier alpha value is -1.11. The Morgan fingerprint density at radius 2 is 1.85 bits per heavy atom. The molecule has 1 nitrogen and oxygen atoms in total. The van der Waals surface area contributed by atoms with Gasteiger partial charge in [-0.25, -0.2) is 4.58 Å². The SMILES string of the molecule is CC(C)(C)[N+]1=c2ccccc2=CC1. The molecule has 0 fully saturated rings. The third kappa shape index (κ3) is 1.39. The Kier molecular flexibility index (Phi) is 1.76. The van der Waals surface area contributed by atoms with Crippen LogP contribution in [0.1, 0.15) is 20.8 Å². The van der Waals surface area contributed by atoms with Gasteiger partial charge in [0, 0.05) is 11.3 Å². The molecule has 0 atom stereocenters. The summed E-state index contributed by atoms with van der Waals surface area (Å²) in [5.74, 6) is 0. The van der Waals surface area contributed by atoms with Gasteiger partial charge in [0.05, 0.1) is 0 Å². The van der Waals surface area contributed by atoms with Crippen molar-refractivity contribution in [1.82, 2.24) is 4.58 Å². The van der Waals surface area contributed by atoms with Crippen molar-refractivity contribution in [3.05, 3.63) is 34.8 Å². The summed E-state index contributed by atoms with van der Waals surface area (Å²) in [5.41, 5.74) is 0.225. The van der Waals surface area contributed by atoms with E-state index in [0.29, 0.717) is 0 Å². The minimum atomic E-state index is 0.225. The highest BCUT2D eigenvalue weighted by Crippen LogP contribution is 2.04. The minimum absolute atomic E-state index is 0.225. The first-order valence-electron chi connectivity index (χ1n) is 4.79. The fourth-order valence-corrected chi connectivity index (χ4v) is 1.83. The van der Waals surface area contributed by atoms with Crippen LogP contribution in [0.4, 0.5) is 0 Å². The number of hydrogen-bond acceptors (Lipinski definition) is 0. The van der Waals surface area contributed by atoms with Crippen molar-refractivity contribution in [3.63, 3.8) is 0 Å². The van der Waals surface area contributed by atoms with E-state index in [9.17, 15) is 0 Å². The molecule has 68 valence electrons. The van der Waals surface area contributed by atoms with Gasteiger partial charge in [0.15, 0.2) is 12.1 Å². The van der Waals surface area contributed by atoms with Crippen LogP contribution in [0.2, 0.25) is 0 Å². The summed E-state index contributed by atoms with van der Waals surface area (Å²) >= 11 is 0. The lowest BCUT2D eigenvalue weighted by Crippen LogP contribution is -2.45. The van der Waals surface area contributed by atoms with Gasteiger partial charge in [0.2, 0.25) is 5.36 Å². The van der Waals surface area contributed by atoms with Gasteiger partial charge in [-0.3, -0.25) is 0 Å².